The Bertz CT molecular complexity index is 385. The van der Waals surface area contributed by atoms with Crippen molar-refractivity contribution in [2.75, 3.05) is 0 Å². The van der Waals surface area contributed by atoms with E-state index in [-0.39, 0.29) is 11.8 Å². The first-order chi connectivity index (χ1) is 7.04. The van der Waals surface area contributed by atoms with Gasteiger partial charge in [-0.3, -0.25) is 0 Å². The van der Waals surface area contributed by atoms with Crippen LogP contribution in [0.15, 0.2) is 18.2 Å². The highest BCUT2D eigenvalue weighted by Crippen LogP contribution is 2.26. The SMILES string of the molecule is [C-]#[N+]C(C)c1ccc(C)c(OC(F)F)c1. The number of ether oxygens (including phenoxy) is 1. The second-order valence-corrected chi connectivity index (χ2v) is 3.21. The van der Waals surface area contributed by atoms with Gasteiger partial charge in [-0.1, -0.05) is 12.1 Å². The van der Waals surface area contributed by atoms with Crippen molar-refractivity contribution < 1.29 is 13.5 Å². The molecule has 80 valence electrons. The first kappa shape index (κ1) is 11.4. The quantitative estimate of drug-likeness (QED) is 0.697. The molecule has 0 radical (unpaired) electrons. The fourth-order valence-electron chi connectivity index (χ4n) is 1.17. The molecule has 0 fully saturated rings. The minimum atomic E-state index is -2.83. The Morgan fingerprint density at radius 1 is 1.40 bits per heavy atom. The fraction of sp³-hybridized carbons (Fsp3) is 0.364. The van der Waals surface area contributed by atoms with Gasteiger partial charge in [-0.2, -0.15) is 8.78 Å². The highest BCUT2D eigenvalue weighted by Gasteiger charge is 2.13. The molecule has 0 N–H and O–H groups in total. The summed E-state index contributed by atoms with van der Waals surface area (Å²) >= 11 is 0. The zero-order valence-corrected chi connectivity index (χ0v) is 8.50. The summed E-state index contributed by atoms with van der Waals surface area (Å²) in [5.74, 6) is 0.137. The molecule has 1 rings (SSSR count). The lowest BCUT2D eigenvalue weighted by molar-refractivity contribution is -0.0503. The molecular formula is C11H11F2NO. The van der Waals surface area contributed by atoms with Gasteiger partial charge in [-0.15, -0.1) is 0 Å². The second kappa shape index (κ2) is 4.74. The lowest BCUT2D eigenvalue weighted by Crippen LogP contribution is -2.04. The smallest absolute Gasteiger partial charge is 0.387 e. The Labute approximate surface area is 87.3 Å². The molecule has 0 bridgehead atoms. The summed E-state index contributed by atoms with van der Waals surface area (Å²) < 4.78 is 28.4. The Hall–Kier alpha value is -1.63. The van der Waals surface area contributed by atoms with E-state index in [1.165, 1.54) is 6.07 Å². The summed E-state index contributed by atoms with van der Waals surface area (Å²) in [5.41, 5.74) is 1.32. The van der Waals surface area contributed by atoms with Crippen LogP contribution in [-0.2, 0) is 0 Å². The third-order valence-electron chi connectivity index (χ3n) is 2.10. The molecule has 0 saturated heterocycles. The molecule has 2 nitrogen and oxygen atoms in total. The maximum Gasteiger partial charge on any atom is 0.387 e. The molecule has 0 heterocycles. The van der Waals surface area contributed by atoms with Gasteiger partial charge in [0.25, 0.3) is 0 Å². The first-order valence-electron chi connectivity index (χ1n) is 4.46. The molecule has 0 aliphatic carbocycles. The van der Waals surface area contributed by atoms with Crippen molar-refractivity contribution in [3.8, 4) is 5.75 Å². The van der Waals surface area contributed by atoms with Crippen molar-refractivity contribution in [2.24, 2.45) is 0 Å². The lowest BCUT2D eigenvalue weighted by atomic mass is 10.1. The van der Waals surface area contributed by atoms with Gasteiger partial charge >= 0.3 is 6.61 Å². The average Bonchev–Trinajstić information content (AvgIpc) is 2.19. The second-order valence-electron chi connectivity index (χ2n) is 3.21. The summed E-state index contributed by atoms with van der Waals surface area (Å²) in [6, 6.07) is 4.57. The van der Waals surface area contributed by atoms with Crippen molar-refractivity contribution >= 4 is 0 Å². The Morgan fingerprint density at radius 3 is 2.60 bits per heavy atom. The molecular weight excluding hydrogens is 200 g/mol. The van der Waals surface area contributed by atoms with E-state index in [2.05, 4.69) is 9.58 Å². The number of halogens is 2. The number of hydrogen-bond donors (Lipinski definition) is 0. The van der Waals surface area contributed by atoms with Gasteiger partial charge in [0.15, 0.2) is 0 Å². The standard InChI is InChI=1S/C11H11F2NO/c1-7-4-5-9(8(2)14-3)6-10(7)15-11(12)13/h4-6,8,11H,1-2H3. The molecule has 0 spiro atoms. The predicted octanol–water partition coefficient (Wildman–Crippen LogP) is 3.58. The number of benzene rings is 1. The number of hydrogen-bond acceptors (Lipinski definition) is 1. The molecule has 1 atom stereocenters. The van der Waals surface area contributed by atoms with Crippen LogP contribution >= 0.6 is 0 Å². The highest BCUT2D eigenvalue weighted by molar-refractivity contribution is 5.38. The molecule has 1 aromatic rings. The molecule has 0 saturated carbocycles. The Morgan fingerprint density at radius 2 is 2.07 bits per heavy atom. The third kappa shape index (κ3) is 2.91. The molecule has 0 aromatic heterocycles. The normalized spacial score (nSPS) is 12.3. The minimum Gasteiger partial charge on any atom is -0.435 e. The maximum atomic E-state index is 12.0. The van der Waals surface area contributed by atoms with E-state index in [4.69, 9.17) is 6.57 Å². The summed E-state index contributed by atoms with van der Waals surface area (Å²) in [5, 5.41) is 0. The van der Waals surface area contributed by atoms with E-state index in [1.54, 1.807) is 26.0 Å². The van der Waals surface area contributed by atoms with Crippen LogP contribution in [0.25, 0.3) is 4.85 Å². The van der Waals surface area contributed by atoms with Crippen LogP contribution in [0.1, 0.15) is 24.1 Å². The zero-order valence-electron chi connectivity index (χ0n) is 8.50. The van der Waals surface area contributed by atoms with Gasteiger partial charge in [-0.25, -0.2) is 6.57 Å². The summed E-state index contributed by atoms with van der Waals surface area (Å²) in [7, 11) is 0. The van der Waals surface area contributed by atoms with E-state index in [1.807, 2.05) is 0 Å². The van der Waals surface area contributed by atoms with Gasteiger partial charge in [-0.05, 0) is 18.6 Å². The lowest BCUT2D eigenvalue weighted by Gasteiger charge is -2.09. The van der Waals surface area contributed by atoms with Gasteiger partial charge in [0.05, 0.1) is 0 Å². The van der Waals surface area contributed by atoms with Crippen LogP contribution in [0.5, 0.6) is 5.75 Å². The van der Waals surface area contributed by atoms with Crippen LogP contribution in [0.2, 0.25) is 0 Å². The fourth-order valence-corrected chi connectivity index (χ4v) is 1.17. The van der Waals surface area contributed by atoms with E-state index < -0.39 is 6.61 Å². The molecule has 4 heteroatoms. The number of rotatable bonds is 3. The zero-order chi connectivity index (χ0) is 11.4. The molecule has 1 unspecified atom stereocenters. The molecule has 0 aliphatic rings. The van der Waals surface area contributed by atoms with E-state index in [0.717, 1.165) is 0 Å². The van der Waals surface area contributed by atoms with Crippen LogP contribution < -0.4 is 4.74 Å². The predicted molar refractivity (Wildman–Crippen MR) is 52.8 cm³/mol. The average molecular weight is 211 g/mol. The topological polar surface area (TPSA) is 13.6 Å². The van der Waals surface area contributed by atoms with Gasteiger partial charge in [0, 0.05) is 12.5 Å². The summed E-state index contributed by atoms with van der Waals surface area (Å²) in [4.78, 5) is 3.32. The first-order valence-corrected chi connectivity index (χ1v) is 4.46. The summed E-state index contributed by atoms with van der Waals surface area (Å²) in [6.45, 7) is 7.41. The van der Waals surface area contributed by atoms with Gasteiger partial charge < -0.3 is 9.58 Å². The summed E-state index contributed by atoms with van der Waals surface area (Å²) in [6.07, 6.45) is 0. The Balaban J connectivity index is 3.01. The number of aryl methyl sites for hydroxylation is 1. The Kier molecular flexibility index (Phi) is 3.62. The van der Waals surface area contributed by atoms with Crippen LogP contribution in [0.3, 0.4) is 0 Å². The van der Waals surface area contributed by atoms with Crippen molar-refractivity contribution in [3.05, 3.63) is 40.7 Å². The van der Waals surface area contributed by atoms with Crippen LogP contribution in [-0.4, -0.2) is 6.61 Å². The van der Waals surface area contributed by atoms with Crippen molar-refractivity contribution in [3.63, 3.8) is 0 Å². The van der Waals surface area contributed by atoms with Crippen molar-refractivity contribution in [1.82, 2.24) is 0 Å². The third-order valence-corrected chi connectivity index (χ3v) is 2.10. The molecule has 1 aromatic carbocycles. The number of alkyl halides is 2. The molecule has 0 amide bonds. The van der Waals surface area contributed by atoms with Gasteiger partial charge in [0.1, 0.15) is 5.75 Å². The van der Waals surface area contributed by atoms with Crippen molar-refractivity contribution in [1.29, 1.82) is 0 Å². The van der Waals surface area contributed by atoms with E-state index >= 15 is 0 Å². The van der Waals surface area contributed by atoms with E-state index in [0.29, 0.717) is 11.1 Å². The highest BCUT2D eigenvalue weighted by atomic mass is 19.3. The largest absolute Gasteiger partial charge is 0.435 e. The van der Waals surface area contributed by atoms with Crippen molar-refractivity contribution in [2.45, 2.75) is 26.5 Å². The number of nitrogens with zero attached hydrogens (tertiary/aromatic N) is 1. The monoisotopic (exact) mass is 211 g/mol. The minimum absolute atomic E-state index is 0.137. The molecule has 15 heavy (non-hydrogen) atoms. The molecule has 0 aliphatic heterocycles. The van der Waals surface area contributed by atoms with Gasteiger partial charge in [0.2, 0.25) is 6.04 Å². The van der Waals surface area contributed by atoms with Crippen LogP contribution in [0.4, 0.5) is 8.78 Å². The van der Waals surface area contributed by atoms with E-state index in [9.17, 15) is 8.78 Å². The van der Waals surface area contributed by atoms with Crippen LogP contribution in [0, 0.1) is 13.5 Å². The maximum absolute atomic E-state index is 12.0.